The van der Waals surface area contributed by atoms with Crippen LogP contribution in [0.5, 0.6) is 11.5 Å². The number of nitro benzene ring substituents is 1. The zero-order valence-corrected chi connectivity index (χ0v) is 14.9. The first kappa shape index (κ1) is 18.3. The third kappa shape index (κ3) is 3.87. The standard InChI is InChI=1S/C18H14N2O6S/c1-26-14-8-10(7-13(17(14)23)20(24)25)6-11(9-16(21)22)18-19-12-4-2-3-5-15(12)27-18/h2-8,23H,9H2,1H3,(H,21,22). The molecule has 0 amide bonds. The Morgan fingerprint density at radius 1 is 1.37 bits per heavy atom. The Morgan fingerprint density at radius 2 is 2.11 bits per heavy atom. The molecule has 3 rings (SSSR count). The first-order chi connectivity index (χ1) is 12.9. The number of carboxylic acid groups (broad SMARTS) is 1. The molecule has 0 unspecified atom stereocenters. The Balaban J connectivity index is 2.15. The average Bonchev–Trinajstić information content (AvgIpc) is 3.06. The van der Waals surface area contributed by atoms with Gasteiger partial charge in [-0.15, -0.1) is 11.3 Å². The molecule has 0 saturated carbocycles. The summed E-state index contributed by atoms with van der Waals surface area (Å²) in [7, 11) is 1.28. The van der Waals surface area contributed by atoms with Crippen molar-refractivity contribution in [1.29, 1.82) is 0 Å². The molecule has 0 saturated heterocycles. The number of aliphatic carboxylic acids is 1. The number of carbonyl (C=O) groups is 1. The van der Waals surface area contributed by atoms with Crippen LogP contribution >= 0.6 is 11.3 Å². The molecule has 2 aromatic carbocycles. The van der Waals surface area contributed by atoms with Crippen LogP contribution in [0.4, 0.5) is 5.69 Å². The van der Waals surface area contributed by atoms with Crippen LogP contribution < -0.4 is 4.74 Å². The van der Waals surface area contributed by atoms with Crippen LogP contribution in [0.25, 0.3) is 21.9 Å². The summed E-state index contributed by atoms with van der Waals surface area (Å²) < 4.78 is 5.88. The first-order valence-corrected chi connectivity index (χ1v) is 8.54. The molecule has 1 heterocycles. The van der Waals surface area contributed by atoms with E-state index in [0.717, 1.165) is 16.3 Å². The summed E-state index contributed by atoms with van der Waals surface area (Å²) in [5.74, 6) is -1.71. The molecular formula is C18H14N2O6S. The highest BCUT2D eigenvalue weighted by atomic mass is 32.1. The number of hydrogen-bond acceptors (Lipinski definition) is 7. The van der Waals surface area contributed by atoms with Crippen molar-refractivity contribution in [1.82, 2.24) is 4.98 Å². The number of nitro groups is 1. The van der Waals surface area contributed by atoms with Gasteiger partial charge in [-0.25, -0.2) is 4.98 Å². The molecule has 0 radical (unpaired) electrons. The van der Waals surface area contributed by atoms with E-state index in [0.29, 0.717) is 16.1 Å². The number of benzene rings is 2. The molecule has 0 bridgehead atoms. The molecule has 0 aliphatic carbocycles. The number of thiazole rings is 1. The highest BCUT2D eigenvalue weighted by Crippen LogP contribution is 2.38. The summed E-state index contributed by atoms with van der Waals surface area (Å²) in [5.41, 5.74) is 0.931. The quantitative estimate of drug-likeness (QED) is 0.486. The fourth-order valence-electron chi connectivity index (χ4n) is 2.55. The Morgan fingerprint density at radius 3 is 2.74 bits per heavy atom. The molecule has 0 spiro atoms. The van der Waals surface area contributed by atoms with E-state index < -0.39 is 22.3 Å². The van der Waals surface area contributed by atoms with Crippen molar-refractivity contribution >= 4 is 44.9 Å². The number of carboxylic acids is 1. The van der Waals surface area contributed by atoms with Gasteiger partial charge in [0, 0.05) is 6.07 Å². The maximum atomic E-state index is 11.3. The van der Waals surface area contributed by atoms with Crippen molar-refractivity contribution in [3.05, 3.63) is 57.1 Å². The van der Waals surface area contributed by atoms with Gasteiger partial charge in [-0.1, -0.05) is 12.1 Å². The monoisotopic (exact) mass is 386 g/mol. The SMILES string of the molecule is COc1cc(C=C(CC(=O)O)c2nc3ccccc3s2)cc([N+](=O)[O-])c1O. The van der Waals surface area contributed by atoms with Gasteiger partial charge in [-0.2, -0.15) is 0 Å². The predicted molar refractivity (Wildman–Crippen MR) is 101 cm³/mol. The van der Waals surface area contributed by atoms with Crippen molar-refractivity contribution in [3.8, 4) is 11.5 Å². The van der Waals surface area contributed by atoms with E-state index in [9.17, 15) is 25.1 Å². The van der Waals surface area contributed by atoms with Crippen LogP contribution in [0.1, 0.15) is 17.0 Å². The van der Waals surface area contributed by atoms with Crippen molar-refractivity contribution < 1.29 is 24.7 Å². The van der Waals surface area contributed by atoms with Crippen LogP contribution in [0.2, 0.25) is 0 Å². The number of aromatic nitrogens is 1. The van der Waals surface area contributed by atoms with Crippen LogP contribution in [-0.4, -0.2) is 33.2 Å². The predicted octanol–water partition coefficient (Wildman–Crippen LogP) is 3.93. The normalized spacial score (nSPS) is 11.5. The summed E-state index contributed by atoms with van der Waals surface area (Å²) in [6.45, 7) is 0. The largest absolute Gasteiger partial charge is 0.500 e. The summed E-state index contributed by atoms with van der Waals surface area (Å²) in [4.78, 5) is 26.2. The minimum atomic E-state index is -1.05. The number of fused-ring (bicyclic) bond motifs is 1. The summed E-state index contributed by atoms with van der Waals surface area (Å²) in [6, 6.07) is 9.95. The van der Waals surface area contributed by atoms with Gasteiger partial charge < -0.3 is 14.9 Å². The number of aromatic hydroxyl groups is 1. The Labute approximate surface area is 157 Å². The van der Waals surface area contributed by atoms with E-state index in [1.54, 1.807) is 0 Å². The van der Waals surface area contributed by atoms with Gasteiger partial charge >= 0.3 is 11.7 Å². The number of phenols is 1. The van der Waals surface area contributed by atoms with Crippen LogP contribution in [0.3, 0.4) is 0 Å². The number of ether oxygens (including phenoxy) is 1. The Kier molecular flexibility index (Phi) is 5.04. The lowest BCUT2D eigenvalue weighted by Gasteiger charge is -2.07. The second-order valence-electron chi connectivity index (χ2n) is 5.57. The Hall–Kier alpha value is -3.46. The molecule has 0 atom stereocenters. The number of methoxy groups -OCH3 is 1. The van der Waals surface area contributed by atoms with Gasteiger partial charge in [-0.3, -0.25) is 14.9 Å². The minimum absolute atomic E-state index is 0.0746. The van der Waals surface area contributed by atoms with Crippen molar-refractivity contribution in [2.24, 2.45) is 0 Å². The maximum Gasteiger partial charge on any atom is 0.315 e. The molecule has 0 aliphatic heterocycles. The van der Waals surface area contributed by atoms with Gasteiger partial charge in [0.1, 0.15) is 5.01 Å². The average molecular weight is 386 g/mol. The molecule has 3 aromatic rings. The highest BCUT2D eigenvalue weighted by Gasteiger charge is 2.20. The molecular weight excluding hydrogens is 372 g/mol. The molecule has 9 heteroatoms. The number of hydrogen-bond donors (Lipinski definition) is 2. The van der Waals surface area contributed by atoms with Crippen molar-refractivity contribution in [2.45, 2.75) is 6.42 Å². The van der Waals surface area contributed by atoms with Crippen LogP contribution in [0.15, 0.2) is 36.4 Å². The minimum Gasteiger partial charge on any atom is -0.500 e. The number of para-hydroxylation sites is 1. The van der Waals surface area contributed by atoms with E-state index in [2.05, 4.69) is 4.98 Å². The van der Waals surface area contributed by atoms with E-state index in [-0.39, 0.29) is 12.2 Å². The van der Waals surface area contributed by atoms with E-state index >= 15 is 0 Å². The maximum absolute atomic E-state index is 11.3. The van der Waals surface area contributed by atoms with E-state index in [1.165, 1.54) is 30.6 Å². The zero-order valence-electron chi connectivity index (χ0n) is 14.1. The van der Waals surface area contributed by atoms with Crippen molar-refractivity contribution in [3.63, 3.8) is 0 Å². The van der Waals surface area contributed by atoms with E-state index in [4.69, 9.17) is 4.74 Å². The first-order valence-electron chi connectivity index (χ1n) is 7.72. The van der Waals surface area contributed by atoms with Gasteiger partial charge in [0.15, 0.2) is 5.75 Å². The second kappa shape index (κ2) is 7.42. The molecule has 8 nitrogen and oxygen atoms in total. The van der Waals surface area contributed by atoms with Crippen molar-refractivity contribution in [2.75, 3.05) is 7.11 Å². The lowest BCUT2D eigenvalue weighted by Crippen LogP contribution is -1.97. The number of phenolic OH excluding ortho intramolecular Hbond substituents is 1. The second-order valence-corrected chi connectivity index (χ2v) is 6.61. The smallest absolute Gasteiger partial charge is 0.315 e. The molecule has 1 aromatic heterocycles. The zero-order chi connectivity index (χ0) is 19.6. The van der Waals surface area contributed by atoms with Crippen LogP contribution in [-0.2, 0) is 4.79 Å². The fraction of sp³-hybridized carbons (Fsp3) is 0.111. The van der Waals surface area contributed by atoms with Gasteiger partial charge in [0.05, 0.1) is 28.7 Å². The number of rotatable bonds is 6. The fourth-order valence-corrected chi connectivity index (χ4v) is 3.53. The molecule has 0 aliphatic rings. The van der Waals surface area contributed by atoms with E-state index in [1.807, 2.05) is 24.3 Å². The molecule has 0 fully saturated rings. The highest BCUT2D eigenvalue weighted by molar-refractivity contribution is 7.19. The molecule has 27 heavy (non-hydrogen) atoms. The number of nitrogens with zero attached hydrogens (tertiary/aromatic N) is 2. The van der Waals surface area contributed by atoms with Gasteiger partial charge in [0.25, 0.3) is 0 Å². The third-order valence-corrected chi connectivity index (χ3v) is 4.86. The molecule has 2 N–H and O–H groups in total. The third-order valence-electron chi connectivity index (χ3n) is 3.74. The van der Waals surface area contributed by atoms with Gasteiger partial charge in [0.2, 0.25) is 5.75 Å². The summed E-state index contributed by atoms with van der Waals surface area (Å²) in [6.07, 6.45) is 1.19. The van der Waals surface area contributed by atoms with Gasteiger partial charge in [-0.05, 0) is 35.4 Å². The summed E-state index contributed by atoms with van der Waals surface area (Å²) in [5, 5.41) is 30.8. The lowest BCUT2D eigenvalue weighted by atomic mass is 10.1. The topological polar surface area (TPSA) is 123 Å². The summed E-state index contributed by atoms with van der Waals surface area (Å²) >= 11 is 1.33. The lowest BCUT2D eigenvalue weighted by molar-refractivity contribution is -0.386. The Bertz CT molecular complexity index is 1040. The molecule has 138 valence electrons. The van der Waals surface area contributed by atoms with Crippen LogP contribution in [0, 0.1) is 10.1 Å².